The predicted octanol–water partition coefficient (Wildman–Crippen LogP) is 3.86. The third-order valence-corrected chi connectivity index (χ3v) is 4.29. The molecule has 138 valence electrons. The van der Waals surface area contributed by atoms with Gasteiger partial charge in [0.25, 0.3) is 0 Å². The van der Waals surface area contributed by atoms with E-state index in [-0.39, 0.29) is 6.23 Å². The molecule has 0 aromatic heterocycles. The van der Waals surface area contributed by atoms with Gasteiger partial charge in [-0.15, -0.1) is 0 Å². The zero-order chi connectivity index (χ0) is 17.9. The second kappa shape index (κ2) is 11.5. The SMILES string of the molecule is CCC[C@@H](C)NCOC(CN(C)C)Nc1cccc(CC)c1CC. The molecule has 0 saturated heterocycles. The van der Waals surface area contributed by atoms with E-state index in [1.54, 1.807) is 0 Å². The van der Waals surface area contributed by atoms with Crippen molar-refractivity contribution in [2.24, 2.45) is 0 Å². The van der Waals surface area contributed by atoms with Crippen LogP contribution in [-0.2, 0) is 17.6 Å². The Bertz CT molecular complexity index is 462. The lowest BCUT2D eigenvalue weighted by Crippen LogP contribution is -2.39. The van der Waals surface area contributed by atoms with Crippen molar-refractivity contribution in [1.82, 2.24) is 10.2 Å². The molecule has 0 heterocycles. The summed E-state index contributed by atoms with van der Waals surface area (Å²) in [6.07, 6.45) is 4.44. The summed E-state index contributed by atoms with van der Waals surface area (Å²) in [7, 11) is 4.16. The van der Waals surface area contributed by atoms with E-state index in [4.69, 9.17) is 4.74 Å². The van der Waals surface area contributed by atoms with Crippen LogP contribution in [0.15, 0.2) is 18.2 Å². The van der Waals surface area contributed by atoms with Gasteiger partial charge in [0.05, 0.1) is 6.73 Å². The van der Waals surface area contributed by atoms with E-state index in [9.17, 15) is 0 Å². The molecule has 0 saturated carbocycles. The van der Waals surface area contributed by atoms with Crippen molar-refractivity contribution in [1.29, 1.82) is 0 Å². The van der Waals surface area contributed by atoms with Gasteiger partial charge in [-0.2, -0.15) is 0 Å². The van der Waals surface area contributed by atoms with Gasteiger partial charge in [-0.1, -0.05) is 39.3 Å². The zero-order valence-corrected chi connectivity index (χ0v) is 16.5. The van der Waals surface area contributed by atoms with Gasteiger partial charge in [0.15, 0.2) is 0 Å². The van der Waals surface area contributed by atoms with Gasteiger partial charge in [-0.25, -0.2) is 0 Å². The quantitative estimate of drug-likeness (QED) is 0.569. The fourth-order valence-electron chi connectivity index (χ4n) is 2.99. The Morgan fingerprint density at radius 2 is 1.88 bits per heavy atom. The van der Waals surface area contributed by atoms with E-state index in [2.05, 4.69) is 75.5 Å². The molecular formula is C20H37N3O. The molecule has 4 heteroatoms. The van der Waals surface area contributed by atoms with Gasteiger partial charge >= 0.3 is 0 Å². The number of nitrogens with zero attached hydrogens (tertiary/aromatic N) is 1. The maximum Gasteiger partial charge on any atom is 0.142 e. The summed E-state index contributed by atoms with van der Waals surface area (Å²) in [5.41, 5.74) is 4.02. The van der Waals surface area contributed by atoms with Crippen LogP contribution in [0.4, 0.5) is 5.69 Å². The Kier molecular flexibility index (Phi) is 9.99. The number of anilines is 1. The monoisotopic (exact) mass is 335 g/mol. The first-order chi connectivity index (χ1) is 11.5. The molecule has 0 amide bonds. The second-order valence-electron chi connectivity index (χ2n) is 6.75. The van der Waals surface area contributed by atoms with Crippen LogP contribution in [-0.4, -0.2) is 44.5 Å². The average molecular weight is 336 g/mol. The third-order valence-electron chi connectivity index (χ3n) is 4.29. The molecular weight excluding hydrogens is 298 g/mol. The van der Waals surface area contributed by atoms with Gasteiger partial charge in [0.2, 0.25) is 0 Å². The van der Waals surface area contributed by atoms with Gasteiger partial charge in [0, 0.05) is 18.3 Å². The number of hydrogen-bond donors (Lipinski definition) is 2. The Balaban J connectivity index is 2.72. The molecule has 0 aliphatic rings. The van der Waals surface area contributed by atoms with E-state index < -0.39 is 0 Å². The summed E-state index contributed by atoms with van der Waals surface area (Å²) < 4.78 is 6.08. The van der Waals surface area contributed by atoms with Crippen molar-refractivity contribution >= 4 is 5.69 Å². The van der Waals surface area contributed by atoms with Gasteiger partial charge in [-0.3, -0.25) is 5.32 Å². The van der Waals surface area contributed by atoms with Crippen molar-refractivity contribution < 1.29 is 4.74 Å². The van der Waals surface area contributed by atoms with E-state index in [1.165, 1.54) is 29.7 Å². The lowest BCUT2D eigenvalue weighted by atomic mass is 10.0. The largest absolute Gasteiger partial charge is 0.359 e. The number of likely N-dealkylation sites (N-methyl/N-ethyl adjacent to an activating group) is 1. The molecule has 1 aromatic rings. The molecule has 1 rings (SSSR count). The predicted molar refractivity (Wildman–Crippen MR) is 105 cm³/mol. The first kappa shape index (κ1) is 20.9. The smallest absolute Gasteiger partial charge is 0.142 e. The van der Waals surface area contributed by atoms with Gasteiger partial charge < -0.3 is 15.0 Å². The molecule has 0 fully saturated rings. The standard InChI is InChI=1S/C20H37N3O/c1-7-11-16(4)21-15-24-20(14-23(5)6)22-19-13-10-12-17(8-2)18(19)9-3/h10,12-13,16,20-22H,7-9,11,14-15H2,1-6H3/t16-,20?/m1/s1. The summed E-state index contributed by atoms with van der Waals surface area (Å²) in [5.74, 6) is 0. The van der Waals surface area contributed by atoms with E-state index in [1.807, 2.05) is 0 Å². The van der Waals surface area contributed by atoms with Crippen LogP contribution in [0.2, 0.25) is 0 Å². The van der Waals surface area contributed by atoms with Crippen molar-refractivity contribution in [3.05, 3.63) is 29.3 Å². The normalized spacial score (nSPS) is 14.0. The molecule has 2 atom stereocenters. The molecule has 0 spiro atoms. The topological polar surface area (TPSA) is 36.5 Å². The highest BCUT2D eigenvalue weighted by Gasteiger charge is 2.14. The van der Waals surface area contributed by atoms with Crippen molar-refractivity contribution in [2.75, 3.05) is 32.7 Å². The number of rotatable bonds is 12. The molecule has 24 heavy (non-hydrogen) atoms. The zero-order valence-electron chi connectivity index (χ0n) is 16.5. The van der Waals surface area contributed by atoms with Crippen molar-refractivity contribution in [3.63, 3.8) is 0 Å². The van der Waals surface area contributed by atoms with Crippen LogP contribution in [0.25, 0.3) is 0 Å². The number of benzene rings is 1. The van der Waals surface area contributed by atoms with Crippen LogP contribution in [0.5, 0.6) is 0 Å². The Morgan fingerprint density at radius 3 is 2.46 bits per heavy atom. The highest BCUT2D eigenvalue weighted by atomic mass is 16.5. The van der Waals surface area contributed by atoms with E-state index in [0.717, 1.165) is 19.4 Å². The average Bonchev–Trinajstić information content (AvgIpc) is 2.54. The van der Waals surface area contributed by atoms with E-state index >= 15 is 0 Å². The van der Waals surface area contributed by atoms with Crippen LogP contribution < -0.4 is 10.6 Å². The van der Waals surface area contributed by atoms with Gasteiger partial charge in [0.1, 0.15) is 6.23 Å². The summed E-state index contributed by atoms with van der Waals surface area (Å²) in [6.45, 7) is 10.3. The minimum atomic E-state index is -0.0290. The Hall–Kier alpha value is -1.10. The van der Waals surface area contributed by atoms with Crippen molar-refractivity contribution in [2.45, 2.75) is 65.6 Å². The minimum absolute atomic E-state index is 0.0290. The van der Waals surface area contributed by atoms with Gasteiger partial charge in [-0.05, 0) is 57.5 Å². The maximum atomic E-state index is 6.08. The highest BCUT2D eigenvalue weighted by Crippen LogP contribution is 2.22. The fourth-order valence-corrected chi connectivity index (χ4v) is 2.99. The number of nitrogens with one attached hydrogen (secondary N) is 2. The Labute approximate surface area is 149 Å². The second-order valence-corrected chi connectivity index (χ2v) is 6.75. The Morgan fingerprint density at radius 1 is 1.12 bits per heavy atom. The minimum Gasteiger partial charge on any atom is -0.359 e. The maximum absolute atomic E-state index is 6.08. The number of hydrogen-bond acceptors (Lipinski definition) is 4. The van der Waals surface area contributed by atoms with Crippen molar-refractivity contribution in [3.8, 4) is 0 Å². The molecule has 1 aromatic carbocycles. The molecule has 0 aliphatic heterocycles. The molecule has 1 unspecified atom stereocenters. The molecule has 0 bridgehead atoms. The molecule has 0 aliphatic carbocycles. The first-order valence-corrected chi connectivity index (χ1v) is 9.38. The molecule has 4 nitrogen and oxygen atoms in total. The first-order valence-electron chi connectivity index (χ1n) is 9.38. The summed E-state index contributed by atoms with van der Waals surface area (Å²) >= 11 is 0. The van der Waals surface area contributed by atoms with E-state index in [0.29, 0.717) is 12.8 Å². The lowest BCUT2D eigenvalue weighted by Gasteiger charge is -2.26. The molecule has 2 N–H and O–H groups in total. The number of ether oxygens (including phenoxy) is 1. The fraction of sp³-hybridized carbons (Fsp3) is 0.700. The third kappa shape index (κ3) is 7.20. The number of aryl methyl sites for hydroxylation is 1. The summed E-state index contributed by atoms with van der Waals surface area (Å²) in [4.78, 5) is 2.16. The van der Waals surface area contributed by atoms with Crippen LogP contribution >= 0.6 is 0 Å². The lowest BCUT2D eigenvalue weighted by molar-refractivity contribution is 0.0374. The van der Waals surface area contributed by atoms with Crippen LogP contribution in [0.3, 0.4) is 0 Å². The summed E-state index contributed by atoms with van der Waals surface area (Å²) in [5, 5.41) is 7.05. The highest BCUT2D eigenvalue weighted by molar-refractivity contribution is 5.55. The van der Waals surface area contributed by atoms with Crippen LogP contribution in [0.1, 0.15) is 51.7 Å². The molecule has 0 radical (unpaired) electrons. The summed E-state index contributed by atoms with van der Waals surface area (Å²) in [6, 6.07) is 7.01. The van der Waals surface area contributed by atoms with Crippen LogP contribution in [0, 0.1) is 0 Å².